The lowest BCUT2D eigenvalue weighted by molar-refractivity contribution is 0.0594. The van der Waals surface area contributed by atoms with E-state index < -0.39 is 0 Å². The van der Waals surface area contributed by atoms with E-state index in [4.69, 9.17) is 4.74 Å². The highest BCUT2D eigenvalue weighted by Crippen LogP contribution is 2.28. The summed E-state index contributed by atoms with van der Waals surface area (Å²) in [6.45, 7) is 3.28. The fraction of sp³-hybridized carbons (Fsp3) is 0.625. The summed E-state index contributed by atoms with van der Waals surface area (Å²) >= 11 is 0. The highest BCUT2D eigenvalue weighted by atomic mass is 16.5. The minimum Gasteiger partial charge on any atom is -0.464 e. The van der Waals surface area contributed by atoms with Crippen molar-refractivity contribution in [1.82, 2.24) is 10.3 Å². The van der Waals surface area contributed by atoms with E-state index in [1.54, 1.807) is 6.20 Å². The third kappa shape index (κ3) is 3.18. The number of esters is 1. The highest BCUT2D eigenvalue weighted by Gasteiger charge is 2.28. The SMILES string of the molecule is COC(=O)c1cc(N2CCC(C3CCCN3)CC2)ccn1. The predicted octanol–water partition coefficient (Wildman–Crippen LogP) is 1.84. The quantitative estimate of drug-likeness (QED) is 0.861. The van der Waals surface area contributed by atoms with Crippen LogP contribution in [0, 0.1) is 5.92 Å². The van der Waals surface area contributed by atoms with Gasteiger partial charge in [-0.2, -0.15) is 0 Å². The van der Waals surface area contributed by atoms with Crippen LogP contribution in [0.1, 0.15) is 36.2 Å². The van der Waals surface area contributed by atoms with Gasteiger partial charge in [-0.1, -0.05) is 0 Å². The van der Waals surface area contributed by atoms with E-state index in [1.807, 2.05) is 12.1 Å². The minimum absolute atomic E-state index is 0.373. The zero-order chi connectivity index (χ0) is 14.7. The molecule has 1 atom stereocenters. The van der Waals surface area contributed by atoms with Gasteiger partial charge in [0.15, 0.2) is 0 Å². The number of hydrogen-bond donors (Lipinski definition) is 1. The van der Waals surface area contributed by atoms with Crippen molar-refractivity contribution >= 4 is 11.7 Å². The summed E-state index contributed by atoms with van der Waals surface area (Å²) in [6, 6.07) is 4.52. The van der Waals surface area contributed by atoms with Gasteiger partial charge in [0.1, 0.15) is 5.69 Å². The summed E-state index contributed by atoms with van der Waals surface area (Å²) < 4.78 is 4.73. The van der Waals surface area contributed by atoms with Crippen LogP contribution in [0.3, 0.4) is 0 Å². The third-order valence-corrected chi connectivity index (χ3v) is 4.71. The van der Waals surface area contributed by atoms with Gasteiger partial charge in [0.25, 0.3) is 0 Å². The fourth-order valence-electron chi connectivity index (χ4n) is 3.51. The molecule has 1 unspecified atom stereocenters. The average molecular weight is 289 g/mol. The summed E-state index contributed by atoms with van der Waals surface area (Å²) in [4.78, 5) is 18.0. The lowest BCUT2D eigenvalue weighted by atomic mass is 9.88. The van der Waals surface area contributed by atoms with Crippen molar-refractivity contribution in [3.05, 3.63) is 24.0 Å². The fourth-order valence-corrected chi connectivity index (χ4v) is 3.51. The summed E-state index contributed by atoms with van der Waals surface area (Å²) in [7, 11) is 1.39. The number of pyridine rings is 1. The van der Waals surface area contributed by atoms with E-state index in [-0.39, 0.29) is 5.97 Å². The van der Waals surface area contributed by atoms with E-state index >= 15 is 0 Å². The van der Waals surface area contributed by atoms with E-state index in [0.29, 0.717) is 5.69 Å². The summed E-state index contributed by atoms with van der Waals surface area (Å²) in [5, 5.41) is 3.62. The Bertz CT molecular complexity index is 492. The first-order chi connectivity index (χ1) is 10.3. The number of carbonyl (C=O) groups excluding carboxylic acids is 1. The molecule has 5 heteroatoms. The molecule has 114 valence electrons. The van der Waals surface area contributed by atoms with Gasteiger partial charge < -0.3 is 15.0 Å². The molecule has 3 heterocycles. The van der Waals surface area contributed by atoms with Gasteiger partial charge in [0.2, 0.25) is 0 Å². The standard InChI is InChI=1S/C16H23N3O2/c1-21-16(20)15-11-13(4-8-18-15)19-9-5-12(6-10-19)14-3-2-7-17-14/h4,8,11-12,14,17H,2-3,5-7,9-10H2,1H3. The topological polar surface area (TPSA) is 54.5 Å². The molecular weight excluding hydrogens is 266 g/mol. The first kappa shape index (κ1) is 14.3. The molecule has 0 radical (unpaired) electrons. The maximum atomic E-state index is 11.6. The maximum absolute atomic E-state index is 11.6. The normalized spacial score (nSPS) is 23.3. The lowest BCUT2D eigenvalue weighted by Gasteiger charge is -2.36. The maximum Gasteiger partial charge on any atom is 0.356 e. The van der Waals surface area contributed by atoms with Crippen LogP contribution in [-0.2, 0) is 4.74 Å². The van der Waals surface area contributed by atoms with Crippen LogP contribution in [0.15, 0.2) is 18.3 Å². The van der Waals surface area contributed by atoms with Crippen LogP contribution in [0.5, 0.6) is 0 Å². The Morgan fingerprint density at radius 1 is 1.38 bits per heavy atom. The van der Waals surface area contributed by atoms with Crippen molar-refractivity contribution in [1.29, 1.82) is 0 Å². The van der Waals surface area contributed by atoms with Gasteiger partial charge in [-0.25, -0.2) is 9.78 Å². The van der Waals surface area contributed by atoms with Gasteiger partial charge >= 0.3 is 5.97 Å². The van der Waals surface area contributed by atoms with E-state index in [2.05, 4.69) is 15.2 Å². The molecule has 0 spiro atoms. The molecule has 0 amide bonds. The van der Waals surface area contributed by atoms with Gasteiger partial charge in [-0.3, -0.25) is 0 Å². The van der Waals surface area contributed by atoms with Crippen molar-refractivity contribution in [3.63, 3.8) is 0 Å². The molecule has 0 aromatic carbocycles. The molecular formula is C16H23N3O2. The van der Waals surface area contributed by atoms with Crippen LogP contribution in [0.4, 0.5) is 5.69 Å². The van der Waals surface area contributed by atoms with Crippen LogP contribution in [0.25, 0.3) is 0 Å². The molecule has 2 aliphatic rings. The smallest absolute Gasteiger partial charge is 0.356 e. The van der Waals surface area contributed by atoms with Crippen molar-refractivity contribution in [2.24, 2.45) is 5.92 Å². The second-order valence-electron chi connectivity index (χ2n) is 5.92. The Hall–Kier alpha value is -1.62. The van der Waals surface area contributed by atoms with Gasteiger partial charge in [0.05, 0.1) is 7.11 Å². The Morgan fingerprint density at radius 2 is 2.19 bits per heavy atom. The second-order valence-corrected chi connectivity index (χ2v) is 5.92. The molecule has 5 nitrogen and oxygen atoms in total. The van der Waals surface area contributed by atoms with Crippen LogP contribution in [-0.4, -0.2) is 43.7 Å². The Balaban J connectivity index is 1.62. The first-order valence-corrected chi connectivity index (χ1v) is 7.80. The lowest BCUT2D eigenvalue weighted by Crippen LogP contribution is -2.41. The van der Waals surface area contributed by atoms with Gasteiger partial charge in [-0.05, 0) is 50.3 Å². The number of aromatic nitrogens is 1. The number of nitrogens with zero attached hydrogens (tertiary/aromatic N) is 2. The summed E-state index contributed by atoms with van der Waals surface area (Å²) in [5.41, 5.74) is 1.46. The second kappa shape index (κ2) is 6.43. The van der Waals surface area contributed by atoms with Crippen LogP contribution in [0.2, 0.25) is 0 Å². The zero-order valence-corrected chi connectivity index (χ0v) is 12.5. The molecule has 1 N–H and O–H groups in total. The number of methoxy groups -OCH3 is 1. The van der Waals surface area contributed by atoms with Gasteiger partial charge in [-0.15, -0.1) is 0 Å². The number of carbonyl (C=O) groups is 1. The summed E-state index contributed by atoms with van der Waals surface area (Å²) in [5.74, 6) is 0.424. The Labute approximate surface area is 125 Å². The molecule has 3 rings (SSSR count). The minimum atomic E-state index is -0.373. The molecule has 0 bridgehead atoms. The van der Waals surface area contributed by atoms with E-state index in [0.717, 1.165) is 30.7 Å². The number of rotatable bonds is 3. The molecule has 1 aromatic rings. The number of anilines is 1. The zero-order valence-electron chi connectivity index (χ0n) is 12.5. The molecule has 2 fully saturated rings. The first-order valence-electron chi connectivity index (χ1n) is 7.80. The molecule has 21 heavy (non-hydrogen) atoms. The Morgan fingerprint density at radius 3 is 2.86 bits per heavy atom. The van der Waals surface area contributed by atoms with E-state index in [9.17, 15) is 4.79 Å². The molecule has 1 aromatic heterocycles. The monoisotopic (exact) mass is 289 g/mol. The number of nitrogens with one attached hydrogen (secondary N) is 1. The summed E-state index contributed by atoms with van der Waals surface area (Å²) in [6.07, 6.45) is 6.76. The van der Waals surface area contributed by atoms with Crippen molar-refractivity contribution in [2.75, 3.05) is 31.6 Å². The Kier molecular flexibility index (Phi) is 4.39. The number of hydrogen-bond acceptors (Lipinski definition) is 5. The largest absolute Gasteiger partial charge is 0.464 e. The van der Waals surface area contributed by atoms with Gasteiger partial charge in [0, 0.05) is 31.0 Å². The van der Waals surface area contributed by atoms with Crippen molar-refractivity contribution < 1.29 is 9.53 Å². The predicted molar refractivity (Wildman–Crippen MR) is 81.5 cm³/mol. The molecule has 0 aliphatic carbocycles. The van der Waals surface area contributed by atoms with Crippen LogP contribution >= 0.6 is 0 Å². The van der Waals surface area contributed by atoms with E-state index in [1.165, 1.54) is 39.3 Å². The molecule has 2 aliphatic heterocycles. The van der Waals surface area contributed by atoms with Crippen LogP contribution < -0.4 is 10.2 Å². The molecule has 0 saturated carbocycles. The average Bonchev–Trinajstić information content (AvgIpc) is 3.09. The van der Waals surface area contributed by atoms with Crippen molar-refractivity contribution in [3.8, 4) is 0 Å². The number of piperidine rings is 1. The number of ether oxygens (including phenoxy) is 1. The highest BCUT2D eigenvalue weighted by molar-refractivity contribution is 5.88. The van der Waals surface area contributed by atoms with Crippen molar-refractivity contribution in [2.45, 2.75) is 31.7 Å². The molecule has 2 saturated heterocycles. The third-order valence-electron chi connectivity index (χ3n) is 4.71.